The molecule has 0 aliphatic heterocycles. The van der Waals surface area contributed by atoms with E-state index in [-0.39, 0.29) is 24.4 Å². The molecule has 0 atom stereocenters. The molecule has 0 aromatic rings. The predicted molar refractivity (Wildman–Crippen MR) is 50.6 cm³/mol. The Balaban J connectivity index is 4.09. The van der Waals surface area contributed by atoms with Gasteiger partial charge in [-0.25, -0.2) is 8.42 Å². The molecular weight excluding hydrogens is 208 g/mol. The van der Waals surface area contributed by atoms with E-state index in [0.29, 0.717) is 0 Å². The van der Waals surface area contributed by atoms with E-state index in [1.165, 1.54) is 7.11 Å². The molecule has 0 radical (unpaired) electrons. The highest BCUT2D eigenvalue weighted by Crippen LogP contribution is 1.97. The normalized spacial score (nSPS) is 11.0. The van der Waals surface area contributed by atoms with Crippen LogP contribution in [0.25, 0.3) is 0 Å². The van der Waals surface area contributed by atoms with Gasteiger partial charge in [-0.3, -0.25) is 9.59 Å². The third-order valence-electron chi connectivity index (χ3n) is 1.62. The minimum absolute atomic E-state index is 0.192. The number of Topliss-reactive ketones (excluding diaryl/α,β-unsaturated/α-hetero) is 1. The SMILES string of the molecule is CCC(=O)CS(=O)(=O)CCC(=O)OC. The lowest BCUT2D eigenvalue weighted by Gasteiger charge is -2.01. The maximum atomic E-state index is 11.2. The van der Waals surface area contributed by atoms with Crippen molar-refractivity contribution in [3.63, 3.8) is 0 Å². The smallest absolute Gasteiger partial charge is 0.306 e. The first-order valence-electron chi connectivity index (χ1n) is 4.20. The van der Waals surface area contributed by atoms with E-state index >= 15 is 0 Å². The summed E-state index contributed by atoms with van der Waals surface area (Å²) in [4.78, 5) is 21.5. The van der Waals surface area contributed by atoms with Gasteiger partial charge in [-0.05, 0) is 0 Å². The van der Waals surface area contributed by atoms with E-state index in [1.54, 1.807) is 6.92 Å². The van der Waals surface area contributed by atoms with Gasteiger partial charge in [-0.1, -0.05) is 6.92 Å². The number of ether oxygens (including phenoxy) is 1. The van der Waals surface area contributed by atoms with Crippen molar-refractivity contribution >= 4 is 21.6 Å². The molecule has 6 heteroatoms. The van der Waals surface area contributed by atoms with Gasteiger partial charge in [0, 0.05) is 6.42 Å². The van der Waals surface area contributed by atoms with Crippen LogP contribution in [0, 0.1) is 0 Å². The van der Waals surface area contributed by atoms with E-state index in [4.69, 9.17) is 0 Å². The number of carbonyl (C=O) groups is 2. The molecule has 0 rings (SSSR count). The van der Waals surface area contributed by atoms with Crippen LogP contribution in [0.5, 0.6) is 0 Å². The van der Waals surface area contributed by atoms with E-state index in [0.717, 1.165) is 0 Å². The third-order valence-corrected chi connectivity index (χ3v) is 3.21. The molecular formula is C8H14O5S. The Morgan fingerprint density at radius 1 is 1.29 bits per heavy atom. The third kappa shape index (κ3) is 5.69. The summed E-state index contributed by atoms with van der Waals surface area (Å²) in [7, 11) is -2.26. The lowest BCUT2D eigenvalue weighted by atomic mass is 10.4. The predicted octanol–water partition coefficient (Wildman–Crippen LogP) is -0.0566. The molecule has 0 aliphatic carbocycles. The zero-order valence-electron chi connectivity index (χ0n) is 8.28. The summed E-state index contributed by atoms with van der Waals surface area (Å²) in [5.41, 5.74) is 0. The second kappa shape index (κ2) is 5.74. The fourth-order valence-corrected chi connectivity index (χ4v) is 2.08. The molecule has 0 saturated heterocycles. The van der Waals surface area contributed by atoms with Gasteiger partial charge in [0.05, 0.1) is 19.3 Å². The minimum atomic E-state index is -3.45. The average molecular weight is 222 g/mol. The number of carbonyl (C=O) groups excluding carboxylic acids is 2. The van der Waals surface area contributed by atoms with Crippen molar-refractivity contribution in [3.05, 3.63) is 0 Å². The molecule has 0 aliphatic rings. The van der Waals surface area contributed by atoms with Crippen LogP contribution in [-0.2, 0) is 24.2 Å². The standard InChI is InChI=1S/C8H14O5S/c1-3-7(9)6-14(11,12)5-4-8(10)13-2/h3-6H2,1-2H3. The Bertz CT molecular complexity index is 304. The zero-order chi connectivity index (χ0) is 11.2. The van der Waals surface area contributed by atoms with Crippen LogP contribution in [-0.4, -0.2) is 38.8 Å². The molecule has 0 bridgehead atoms. The highest BCUT2D eigenvalue weighted by atomic mass is 32.2. The molecule has 0 N–H and O–H groups in total. The van der Waals surface area contributed by atoms with Gasteiger partial charge in [0.15, 0.2) is 9.84 Å². The maximum Gasteiger partial charge on any atom is 0.306 e. The van der Waals surface area contributed by atoms with Gasteiger partial charge in [0.25, 0.3) is 0 Å². The summed E-state index contributed by atoms with van der Waals surface area (Å²) in [5.74, 6) is -1.74. The Hall–Kier alpha value is -0.910. The second-order valence-corrected chi connectivity index (χ2v) is 4.99. The summed E-state index contributed by atoms with van der Waals surface area (Å²) in [6, 6.07) is 0. The Morgan fingerprint density at radius 2 is 1.86 bits per heavy atom. The average Bonchev–Trinajstić information content (AvgIpc) is 2.13. The van der Waals surface area contributed by atoms with E-state index in [2.05, 4.69) is 4.74 Å². The summed E-state index contributed by atoms with van der Waals surface area (Å²) >= 11 is 0. The highest BCUT2D eigenvalue weighted by Gasteiger charge is 2.17. The molecule has 14 heavy (non-hydrogen) atoms. The molecule has 0 heterocycles. The Kier molecular flexibility index (Phi) is 5.37. The molecule has 0 saturated carbocycles. The first-order valence-corrected chi connectivity index (χ1v) is 6.02. The number of sulfone groups is 1. The van der Waals surface area contributed by atoms with Crippen molar-refractivity contribution in [1.29, 1.82) is 0 Å². The fraction of sp³-hybridized carbons (Fsp3) is 0.750. The lowest BCUT2D eigenvalue weighted by Crippen LogP contribution is -2.20. The molecule has 82 valence electrons. The number of esters is 1. The van der Waals surface area contributed by atoms with Crippen LogP contribution in [0.15, 0.2) is 0 Å². The van der Waals surface area contributed by atoms with Crippen molar-refractivity contribution < 1.29 is 22.7 Å². The van der Waals surface area contributed by atoms with Crippen LogP contribution in [0.4, 0.5) is 0 Å². The summed E-state index contributed by atoms with van der Waals surface area (Å²) in [5, 5.41) is 0. The minimum Gasteiger partial charge on any atom is -0.469 e. The molecule has 0 aromatic carbocycles. The zero-order valence-corrected chi connectivity index (χ0v) is 9.09. The van der Waals surface area contributed by atoms with Crippen molar-refractivity contribution in [2.45, 2.75) is 19.8 Å². The first kappa shape index (κ1) is 13.1. The number of hydrogen-bond donors (Lipinski definition) is 0. The van der Waals surface area contributed by atoms with Gasteiger partial charge in [0.2, 0.25) is 0 Å². The fourth-order valence-electron chi connectivity index (χ4n) is 0.760. The molecule has 0 unspecified atom stereocenters. The van der Waals surface area contributed by atoms with Gasteiger partial charge >= 0.3 is 5.97 Å². The molecule has 0 fully saturated rings. The number of rotatable bonds is 6. The van der Waals surface area contributed by atoms with Crippen molar-refractivity contribution in [2.24, 2.45) is 0 Å². The van der Waals surface area contributed by atoms with Crippen molar-refractivity contribution in [3.8, 4) is 0 Å². The number of methoxy groups -OCH3 is 1. The largest absolute Gasteiger partial charge is 0.469 e. The van der Waals surface area contributed by atoms with Gasteiger partial charge in [-0.15, -0.1) is 0 Å². The monoisotopic (exact) mass is 222 g/mol. The summed E-state index contributed by atoms with van der Waals surface area (Å²) in [6.07, 6.45) is -0.00666. The van der Waals surface area contributed by atoms with E-state index in [1.807, 2.05) is 0 Å². The van der Waals surface area contributed by atoms with Crippen molar-refractivity contribution in [1.82, 2.24) is 0 Å². The highest BCUT2D eigenvalue weighted by molar-refractivity contribution is 7.92. The topological polar surface area (TPSA) is 77.5 Å². The molecule has 0 amide bonds. The summed E-state index contributed by atoms with van der Waals surface area (Å²) < 4.78 is 26.7. The van der Waals surface area contributed by atoms with Crippen LogP contribution in [0.2, 0.25) is 0 Å². The maximum absolute atomic E-state index is 11.2. The Morgan fingerprint density at radius 3 is 2.29 bits per heavy atom. The van der Waals surface area contributed by atoms with Crippen LogP contribution >= 0.6 is 0 Å². The number of hydrogen-bond acceptors (Lipinski definition) is 5. The summed E-state index contributed by atoms with van der Waals surface area (Å²) in [6.45, 7) is 1.60. The quantitative estimate of drug-likeness (QED) is 0.588. The molecule has 5 nitrogen and oxygen atoms in total. The number of ketones is 1. The van der Waals surface area contributed by atoms with Crippen LogP contribution in [0.1, 0.15) is 19.8 Å². The Labute approximate surface area is 83.4 Å². The van der Waals surface area contributed by atoms with Gasteiger partial charge in [-0.2, -0.15) is 0 Å². The van der Waals surface area contributed by atoms with Crippen molar-refractivity contribution in [2.75, 3.05) is 18.6 Å². The van der Waals surface area contributed by atoms with Crippen LogP contribution in [0.3, 0.4) is 0 Å². The molecule has 0 spiro atoms. The first-order chi connectivity index (χ1) is 6.41. The second-order valence-electron chi connectivity index (χ2n) is 2.81. The lowest BCUT2D eigenvalue weighted by molar-refractivity contribution is -0.140. The van der Waals surface area contributed by atoms with Gasteiger partial charge in [0.1, 0.15) is 11.5 Å². The van der Waals surface area contributed by atoms with E-state index < -0.39 is 21.6 Å². The van der Waals surface area contributed by atoms with Gasteiger partial charge < -0.3 is 4.74 Å². The van der Waals surface area contributed by atoms with E-state index in [9.17, 15) is 18.0 Å². The van der Waals surface area contributed by atoms with Crippen LogP contribution < -0.4 is 0 Å². The molecule has 0 aromatic heterocycles.